The molecule has 3 rings (SSSR count). The molecule has 1 atom stereocenters. The Balaban J connectivity index is 1.72. The van der Waals surface area contributed by atoms with Crippen LogP contribution < -0.4 is 4.74 Å². The minimum Gasteiger partial charge on any atom is -0.481 e. The molecular formula is C22H25NO4. The van der Waals surface area contributed by atoms with Gasteiger partial charge < -0.3 is 18.5 Å². The summed E-state index contributed by atoms with van der Waals surface area (Å²) in [4.78, 5) is 14.7. The first kappa shape index (κ1) is 18.8. The van der Waals surface area contributed by atoms with Gasteiger partial charge in [-0.2, -0.15) is 0 Å². The molecule has 0 saturated carbocycles. The van der Waals surface area contributed by atoms with E-state index in [4.69, 9.17) is 13.6 Å². The van der Waals surface area contributed by atoms with Crippen LogP contribution in [0.2, 0.25) is 0 Å². The highest BCUT2D eigenvalue weighted by molar-refractivity contribution is 5.80. The molecule has 0 spiro atoms. The predicted octanol–water partition coefficient (Wildman–Crippen LogP) is 4.99. The third-order valence-electron chi connectivity index (χ3n) is 4.35. The maximum atomic E-state index is 13.0. The Morgan fingerprint density at radius 1 is 0.963 bits per heavy atom. The molecule has 1 unspecified atom stereocenters. The van der Waals surface area contributed by atoms with E-state index in [-0.39, 0.29) is 5.91 Å². The van der Waals surface area contributed by atoms with Crippen LogP contribution in [0.5, 0.6) is 5.75 Å². The molecule has 0 saturated heterocycles. The molecule has 2 heterocycles. The van der Waals surface area contributed by atoms with E-state index in [2.05, 4.69) is 19.9 Å². The van der Waals surface area contributed by atoms with Gasteiger partial charge in [0.25, 0.3) is 5.91 Å². The summed E-state index contributed by atoms with van der Waals surface area (Å²) in [5, 5.41) is 0. The van der Waals surface area contributed by atoms with Crippen molar-refractivity contribution in [1.29, 1.82) is 0 Å². The number of ether oxygens (including phenoxy) is 1. The van der Waals surface area contributed by atoms with E-state index >= 15 is 0 Å². The van der Waals surface area contributed by atoms with Gasteiger partial charge in [-0.25, -0.2) is 0 Å². The summed E-state index contributed by atoms with van der Waals surface area (Å²) in [7, 11) is 0. The largest absolute Gasteiger partial charge is 0.481 e. The van der Waals surface area contributed by atoms with Crippen molar-refractivity contribution in [3.05, 3.63) is 78.1 Å². The smallest absolute Gasteiger partial charge is 0.264 e. The van der Waals surface area contributed by atoms with Gasteiger partial charge in [-0.05, 0) is 54.8 Å². The van der Waals surface area contributed by atoms with Gasteiger partial charge in [-0.3, -0.25) is 4.79 Å². The highest BCUT2D eigenvalue weighted by Crippen LogP contribution is 2.22. The number of carbonyl (C=O) groups is 1. The van der Waals surface area contributed by atoms with Gasteiger partial charge >= 0.3 is 0 Å². The van der Waals surface area contributed by atoms with E-state index in [9.17, 15) is 4.79 Å². The molecule has 0 N–H and O–H groups in total. The Hall–Kier alpha value is -2.95. The van der Waals surface area contributed by atoms with Crippen LogP contribution in [-0.4, -0.2) is 16.9 Å². The van der Waals surface area contributed by atoms with E-state index in [1.807, 2.05) is 42.5 Å². The van der Waals surface area contributed by atoms with Crippen molar-refractivity contribution in [3.63, 3.8) is 0 Å². The Labute approximate surface area is 159 Å². The summed E-state index contributed by atoms with van der Waals surface area (Å²) >= 11 is 0. The lowest BCUT2D eigenvalue weighted by molar-refractivity contribution is -0.139. The normalized spacial score (nSPS) is 12.1. The molecule has 0 radical (unpaired) electrons. The number of furan rings is 2. The maximum Gasteiger partial charge on any atom is 0.264 e. The van der Waals surface area contributed by atoms with E-state index < -0.39 is 6.10 Å². The highest BCUT2D eigenvalue weighted by Gasteiger charge is 2.24. The first-order chi connectivity index (χ1) is 13.0. The molecule has 0 fully saturated rings. The topological polar surface area (TPSA) is 55.8 Å². The number of benzene rings is 1. The van der Waals surface area contributed by atoms with Crippen molar-refractivity contribution < 1.29 is 18.4 Å². The lowest BCUT2D eigenvalue weighted by Gasteiger charge is -2.25. The van der Waals surface area contributed by atoms with Gasteiger partial charge in [-0.1, -0.05) is 26.0 Å². The van der Waals surface area contributed by atoms with Gasteiger partial charge in [0.15, 0.2) is 6.10 Å². The van der Waals surface area contributed by atoms with E-state index in [1.54, 1.807) is 24.3 Å². The molecule has 142 valence electrons. The minimum absolute atomic E-state index is 0.127. The third kappa shape index (κ3) is 5.03. The zero-order chi connectivity index (χ0) is 19.2. The maximum absolute atomic E-state index is 13.0. The fourth-order valence-corrected chi connectivity index (χ4v) is 2.85. The van der Waals surface area contributed by atoms with Gasteiger partial charge in [0, 0.05) is 0 Å². The SMILES string of the molecule is CC(Oc1cccc(C(C)C)c1)C(=O)N(Cc1ccco1)Cc1ccco1. The molecule has 3 aromatic rings. The van der Waals surface area contributed by atoms with Crippen LogP contribution in [0.1, 0.15) is 43.8 Å². The monoisotopic (exact) mass is 367 g/mol. The van der Waals surface area contributed by atoms with Crippen LogP contribution in [0.4, 0.5) is 0 Å². The minimum atomic E-state index is -0.627. The Morgan fingerprint density at radius 2 is 1.59 bits per heavy atom. The summed E-state index contributed by atoms with van der Waals surface area (Å²) in [5.41, 5.74) is 1.18. The fraction of sp³-hybridized carbons (Fsp3) is 0.318. The number of amides is 1. The zero-order valence-corrected chi connectivity index (χ0v) is 15.9. The molecule has 1 amide bonds. The number of nitrogens with zero attached hydrogens (tertiary/aromatic N) is 1. The average Bonchev–Trinajstić information content (AvgIpc) is 3.35. The second-order valence-electron chi connectivity index (χ2n) is 6.84. The van der Waals surface area contributed by atoms with Crippen LogP contribution >= 0.6 is 0 Å². The summed E-state index contributed by atoms with van der Waals surface area (Å²) in [6.45, 7) is 6.73. The van der Waals surface area contributed by atoms with Gasteiger partial charge in [-0.15, -0.1) is 0 Å². The molecule has 0 aliphatic rings. The van der Waals surface area contributed by atoms with E-state index in [0.717, 1.165) is 0 Å². The van der Waals surface area contributed by atoms with E-state index in [0.29, 0.717) is 36.3 Å². The quantitative estimate of drug-likeness (QED) is 0.563. The fourth-order valence-electron chi connectivity index (χ4n) is 2.85. The van der Waals surface area contributed by atoms with E-state index in [1.165, 1.54) is 5.56 Å². The van der Waals surface area contributed by atoms with Crippen molar-refractivity contribution in [2.24, 2.45) is 0 Å². The van der Waals surface area contributed by atoms with Crippen molar-refractivity contribution in [2.75, 3.05) is 0 Å². The summed E-state index contributed by atoms with van der Waals surface area (Å²) in [6, 6.07) is 15.2. The Bertz CT molecular complexity index is 801. The predicted molar refractivity (Wildman–Crippen MR) is 102 cm³/mol. The zero-order valence-electron chi connectivity index (χ0n) is 15.9. The highest BCUT2D eigenvalue weighted by atomic mass is 16.5. The first-order valence-corrected chi connectivity index (χ1v) is 9.13. The van der Waals surface area contributed by atoms with Crippen LogP contribution in [0.3, 0.4) is 0 Å². The first-order valence-electron chi connectivity index (χ1n) is 9.13. The molecule has 27 heavy (non-hydrogen) atoms. The Kier molecular flexibility index (Phi) is 6.01. The molecule has 1 aromatic carbocycles. The third-order valence-corrected chi connectivity index (χ3v) is 4.35. The standard InChI is InChI=1S/C22H25NO4/c1-16(2)18-7-4-8-19(13-18)27-17(3)22(24)23(14-20-9-5-11-25-20)15-21-10-6-12-26-21/h4-13,16-17H,14-15H2,1-3H3. The summed E-state index contributed by atoms with van der Waals surface area (Å²) in [6.07, 6.45) is 2.57. The molecule has 0 aliphatic heterocycles. The summed E-state index contributed by atoms with van der Waals surface area (Å²) < 4.78 is 16.8. The van der Waals surface area contributed by atoms with Gasteiger partial charge in [0.1, 0.15) is 17.3 Å². The molecule has 2 aromatic heterocycles. The van der Waals surface area contributed by atoms with Crippen molar-refractivity contribution >= 4 is 5.91 Å². The second kappa shape index (κ2) is 8.62. The number of hydrogen-bond donors (Lipinski definition) is 0. The molecule has 5 heteroatoms. The molecule has 5 nitrogen and oxygen atoms in total. The van der Waals surface area contributed by atoms with Crippen LogP contribution in [0, 0.1) is 0 Å². The number of hydrogen-bond acceptors (Lipinski definition) is 4. The average molecular weight is 367 g/mol. The number of carbonyl (C=O) groups excluding carboxylic acids is 1. The van der Waals surface area contributed by atoms with Crippen molar-refractivity contribution in [1.82, 2.24) is 4.90 Å². The molecule has 0 bridgehead atoms. The molecule has 0 aliphatic carbocycles. The summed E-state index contributed by atoms with van der Waals surface area (Å²) in [5.74, 6) is 2.39. The van der Waals surface area contributed by atoms with Crippen LogP contribution in [0.25, 0.3) is 0 Å². The lowest BCUT2D eigenvalue weighted by Crippen LogP contribution is -2.39. The van der Waals surface area contributed by atoms with Crippen LogP contribution in [0.15, 0.2) is 69.9 Å². The van der Waals surface area contributed by atoms with Gasteiger partial charge in [0.05, 0.1) is 25.6 Å². The van der Waals surface area contributed by atoms with Crippen LogP contribution in [-0.2, 0) is 17.9 Å². The molecular weight excluding hydrogens is 342 g/mol. The Morgan fingerprint density at radius 3 is 2.11 bits per heavy atom. The van der Waals surface area contributed by atoms with Gasteiger partial charge in [0.2, 0.25) is 0 Å². The second-order valence-corrected chi connectivity index (χ2v) is 6.84. The number of rotatable bonds is 8. The van der Waals surface area contributed by atoms with Crippen molar-refractivity contribution in [3.8, 4) is 5.75 Å². The van der Waals surface area contributed by atoms with Crippen molar-refractivity contribution in [2.45, 2.75) is 45.9 Å². The lowest BCUT2D eigenvalue weighted by atomic mass is 10.0.